The van der Waals surface area contributed by atoms with Gasteiger partial charge in [0, 0.05) is 12.7 Å². The molecular formula is C6H6N3O. The summed E-state index contributed by atoms with van der Waals surface area (Å²) < 4.78 is 0. The molecule has 4 nitrogen and oxygen atoms in total. The van der Waals surface area contributed by atoms with Gasteiger partial charge in [-0.05, 0) is 11.6 Å². The van der Waals surface area contributed by atoms with E-state index in [0.717, 1.165) is 5.56 Å². The van der Waals surface area contributed by atoms with Crippen molar-refractivity contribution in [3.05, 3.63) is 24.0 Å². The number of aromatic nitrogens is 2. The molecule has 1 radical (unpaired) electrons. The molecule has 0 fully saturated rings. The maximum absolute atomic E-state index is 9.71. The molecule has 0 aliphatic carbocycles. The maximum Gasteiger partial charge on any atom is 0.309 e. The fraction of sp³-hybridized carbons (Fsp3) is 0.167. The molecule has 0 aromatic carbocycles. The van der Waals surface area contributed by atoms with Gasteiger partial charge < -0.3 is 5.32 Å². The molecule has 1 aromatic rings. The van der Waals surface area contributed by atoms with Crippen molar-refractivity contribution in [2.45, 2.75) is 6.54 Å². The minimum Gasteiger partial charge on any atom is -0.344 e. The smallest absolute Gasteiger partial charge is 0.309 e. The fourth-order valence-corrected chi connectivity index (χ4v) is 0.561. The van der Waals surface area contributed by atoms with E-state index < -0.39 is 0 Å². The van der Waals surface area contributed by atoms with Crippen LogP contribution in [0.5, 0.6) is 0 Å². The zero-order valence-corrected chi connectivity index (χ0v) is 5.24. The minimum absolute atomic E-state index is 0.457. The quantitative estimate of drug-likeness (QED) is 0.577. The van der Waals surface area contributed by atoms with Crippen LogP contribution in [-0.4, -0.2) is 16.6 Å². The van der Waals surface area contributed by atoms with Crippen molar-refractivity contribution >= 4 is 6.41 Å². The SMILES string of the molecule is O=[C]NCc1ccnnc1. The Morgan fingerprint density at radius 1 is 1.60 bits per heavy atom. The summed E-state index contributed by atoms with van der Waals surface area (Å²) in [5.41, 5.74) is 0.915. The first-order valence-corrected chi connectivity index (χ1v) is 2.79. The number of amides is 1. The first-order valence-electron chi connectivity index (χ1n) is 2.79. The van der Waals surface area contributed by atoms with Crippen LogP contribution in [0.4, 0.5) is 0 Å². The zero-order valence-electron chi connectivity index (χ0n) is 5.24. The third-order valence-electron chi connectivity index (χ3n) is 1.01. The van der Waals surface area contributed by atoms with E-state index >= 15 is 0 Å². The summed E-state index contributed by atoms with van der Waals surface area (Å²) in [5, 5.41) is 9.59. The topological polar surface area (TPSA) is 54.9 Å². The molecule has 0 unspecified atom stereocenters. The molecule has 51 valence electrons. The standard InChI is InChI=1S/C6H6N3O/c10-5-7-3-6-1-2-8-9-4-6/h1-2,4H,3H2,(H,7,10). The predicted molar refractivity (Wildman–Crippen MR) is 34.6 cm³/mol. The number of hydrogen-bond donors (Lipinski definition) is 1. The highest BCUT2D eigenvalue weighted by atomic mass is 16.1. The minimum atomic E-state index is 0.457. The summed E-state index contributed by atoms with van der Waals surface area (Å²) in [6.07, 6.45) is 4.73. The van der Waals surface area contributed by atoms with Crippen LogP contribution in [0.2, 0.25) is 0 Å². The molecule has 1 heterocycles. The molecule has 4 heteroatoms. The first-order chi connectivity index (χ1) is 4.93. The van der Waals surface area contributed by atoms with Crippen LogP contribution in [0, 0.1) is 0 Å². The molecule has 10 heavy (non-hydrogen) atoms. The summed E-state index contributed by atoms with van der Waals surface area (Å²) >= 11 is 0. The summed E-state index contributed by atoms with van der Waals surface area (Å²) in [7, 11) is 0. The second kappa shape index (κ2) is 3.55. The molecule has 0 aliphatic rings. The average molecular weight is 136 g/mol. The van der Waals surface area contributed by atoms with Crippen LogP contribution in [0.1, 0.15) is 5.56 Å². The predicted octanol–water partition coefficient (Wildman–Crippen LogP) is -0.367. The van der Waals surface area contributed by atoms with Crippen LogP contribution < -0.4 is 5.32 Å². The molecule has 0 aliphatic heterocycles. The van der Waals surface area contributed by atoms with E-state index in [2.05, 4.69) is 15.5 Å². The van der Waals surface area contributed by atoms with E-state index in [0.29, 0.717) is 6.54 Å². The van der Waals surface area contributed by atoms with Crippen LogP contribution in [-0.2, 0) is 11.3 Å². The Balaban J connectivity index is 2.50. The molecular weight excluding hydrogens is 130 g/mol. The lowest BCUT2D eigenvalue weighted by Gasteiger charge is -1.94. The normalized spacial score (nSPS) is 8.80. The van der Waals surface area contributed by atoms with Crippen molar-refractivity contribution in [2.24, 2.45) is 0 Å². The molecule has 0 spiro atoms. The molecule has 0 saturated carbocycles. The van der Waals surface area contributed by atoms with Gasteiger partial charge in [0.05, 0.1) is 6.20 Å². The Morgan fingerprint density at radius 3 is 3.10 bits per heavy atom. The van der Waals surface area contributed by atoms with Gasteiger partial charge in [-0.2, -0.15) is 10.2 Å². The molecule has 1 rings (SSSR count). The van der Waals surface area contributed by atoms with Crippen LogP contribution in [0.3, 0.4) is 0 Å². The molecule has 0 atom stereocenters. The van der Waals surface area contributed by atoms with Crippen molar-refractivity contribution in [1.82, 2.24) is 15.5 Å². The number of carbonyl (C=O) groups excluding carboxylic acids is 1. The van der Waals surface area contributed by atoms with Crippen LogP contribution in [0.15, 0.2) is 18.5 Å². The molecule has 0 bridgehead atoms. The molecule has 0 saturated heterocycles. The van der Waals surface area contributed by atoms with Crippen molar-refractivity contribution in [1.29, 1.82) is 0 Å². The van der Waals surface area contributed by atoms with Gasteiger partial charge in [0.25, 0.3) is 0 Å². The largest absolute Gasteiger partial charge is 0.344 e. The summed E-state index contributed by atoms with van der Waals surface area (Å²) in [6, 6.07) is 1.78. The average Bonchev–Trinajstić information content (AvgIpc) is 2.03. The van der Waals surface area contributed by atoms with Crippen molar-refractivity contribution in [3.8, 4) is 0 Å². The van der Waals surface area contributed by atoms with Crippen molar-refractivity contribution < 1.29 is 4.79 Å². The van der Waals surface area contributed by atoms with Gasteiger partial charge in [-0.15, -0.1) is 0 Å². The lowest BCUT2D eigenvalue weighted by atomic mass is 10.3. The van der Waals surface area contributed by atoms with Crippen molar-refractivity contribution in [2.75, 3.05) is 0 Å². The highest BCUT2D eigenvalue weighted by Gasteiger charge is 1.88. The van der Waals surface area contributed by atoms with Gasteiger partial charge in [-0.25, -0.2) is 0 Å². The van der Waals surface area contributed by atoms with E-state index in [-0.39, 0.29) is 0 Å². The lowest BCUT2D eigenvalue weighted by molar-refractivity contribution is 0.541. The maximum atomic E-state index is 9.71. The zero-order chi connectivity index (χ0) is 7.23. The van der Waals surface area contributed by atoms with Crippen molar-refractivity contribution in [3.63, 3.8) is 0 Å². The second-order valence-electron chi connectivity index (χ2n) is 1.71. The van der Waals surface area contributed by atoms with Gasteiger partial charge >= 0.3 is 6.41 Å². The molecule has 1 amide bonds. The summed E-state index contributed by atoms with van der Waals surface area (Å²) in [6.45, 7) is 0.457. The summed E-state index contributed by atoms with van der Waals surface area (Å²) in [5.74, 6) is 0. The van der Waals surface area contributed by atoms with Gasteiger partial charge in [-0.3, -0.25) is 4.79 Å². The Hall–Kier alpha value is -1.45. The van der Waals surface area contributed by atoms with E-state index in [9.17, 15) is 4.79 Å². The summed E-state index contributed by atoms with van der Waals surface area (Å²) in [4.78, 5) is 9.71. The van der Waals surface area contributed by atoms with Crippen LogP contribution in [0.25, 0.3) is 0 Å². The Labute approximate surface area is 58.3 Å². The number of hydrogen-bond acceptors (Lipinski definition) is 3. The van der Waals surface area contributed by atoms with Gasteiger partial charge in [0.15, 0.2) is 0 Å². The fourth-order valence-electron chi connectivity index (χ4n) is 0.561. The van der Waals surface area contributed by atoms with Gasteiger partial charge in [-0.1, -0.05) is 0 Å². The number of rotatable bonds is 3. The lowest BCUT2D eigenvalue weighted by Crippen LogP contribution is -2.09. The van der Waals surface area contributed by atoms with E-state index in [1.807, 2.05) is 0 Å². The number of nitrogens with one attached hydrogen (secondary N) is 1. The van der Waals surface area contributed by atoms with E-state index in [1.54, 1.807) is 24.9 Å². The van der Waals surface area contributed by atoms with E-state index in [4.69, 9.17) is 0 Å². The highest BCUT2D eigenvalue weighted by Crippen LogP contribution is 1.90. The monoisotopic (exact) mass is 136 g/mol. The van der Waals surface area contributed by atoms with Gasteiger partial charge in [0.2, 0.25) is 0 Å². The Kier molecular flexibility index (Phi) is 2.37. The highest BCUT2D eigenvalue weighted by molar-refractivity contribution is 5.47. The molecule has 1 N–H and O–H groups in total. The first kappa shape index (κ1) is 6.67. The Morgan fingerprint density at radius 2 is 2.50 bits per heavy atom. The van der Waals surface area contributed by atoms with Gasteiger partial charge in [0.1, 0.15) is 0 Å². The van der Waals surface area contributed by atoms with E-state index in [1.165, 1.54) is 0 Å². The third kappa shape index (κ3) is 1.81. The van der Waals surface area contributed by atoms with Crippen LogP contribution >= 0.6 is 0 Å². The second-order valence-corrected chi connectivity index (χ2v) is 1.71. The number of nitrogens with zero attached hydrogens (tertiary/aromatic N) is 2. The molecule has 1 aromatic heterocycles. The Bertz CT molecular complexity index is 199. The third-order valence-corrected chi connectivity index (χ3v) is 1.01.